The van der Waals surface area contributed by atoms with Crippen molar-refractivity contribution in [3.8, 4) is 11.7 Å². The Morgan fingerprint density at radius 1 is 0.967 bits per heavy atom. The molecule has 0 fully saturated rings. The summed E-state index contributed by atoms with van der Waals surface area (Å²) in [7, 11) is 0. The lowest BCUT2D eigenvalue weighted by atomic mass is 10.1. The Balaban J connectivity index is 1.33. The van der Waals surface area contributed by atoms with Gasteiger partial charge in [0.15, 0.2) is 5.76 Å². The first kappa shape index (κ1) is 19.5. The summed E-state index contributed by atoms with van der Waals surface area (Å²) < 4.78 is 15.8. The molecule has 4 rings (SSSR count). The number of nitrogens with one attached hydrogen (secondary N) is 2. The molecule has 0 bridgehead atoms. The number of furan rings is 2. The van der Waals surface area contributed by atoms with Crippen molar-refractivity contribution < 1.29 is 22.8 Å². The molecule has 0 aliphatic heterocycles. The minimum absolute atomic E-state index is 0.0299. The van der Waals surface area contributed by atoms with Crippen LogP contribution in [0.15, 0.2) is 79.5 Å². The number of para-hydroxylation sites is 1. The van der Waals surface area contributed by atoms with Crippen LogP contribution in [0, 0.1) is 0 Å². The molecule has 0 unspecified atom stereocenters. The minimum atomic E-state index is -0.324. The van der Waals surface area contributed by atoms with Crippen LogP contribution in [-0.2, 0) is 11.3 Å². The van der Waals surface area contributed by atoms with Crippen LogP contribution in [0.5, 0.6) is 0 Å². The van der Waals surface area contributed by atoms with Crippen LogP contribution >= 0.6 is 11.8 Å². The second-order valence-corrected chi connectivity index (χ2v) is 6.92. The number of carbonyl (C=O) groups is 2. The number of anilines is 1. The highest BCUT2D eigenvalue weighted by molar-refractivity contribution is 7.99. The van der Waals surface area contributed by atoms with E-state index < -0.39 is 0 Å². The molecular formula is C20H16N4O5S. The predicted octanol–water partition coefficient (Wildman–Crippen LogP) is 3.58. The van der Waals surface area contributed by atoms with Gasteiger partial charge in [0.2, 0.25) is 5.91 Å². The maximum atomic E-state index is 12.5. The van der Waals surface area contributed by atoms with Crippen molar-refractivity contribution in [1.29, 1.82) is 0 Å². The first-order chi connectivity index (χ1) is 14.7. The number of benzene rings is 1. The maximum Gasteiger partial charge on any atom is 0.284 e. The van der Waals surface area contributed by atoms with Crippen LogP contribution < -0.4 is 10.6 Å². The third kappa shape index (κ3) is 4.78. The normalized spacial score (nSPS) is 10.7. The standard InChI is InChI=1S/C20H16N4O5S/c25-17(12-30-20-24-23-19(29-20)16-8-4-10-28-16)22-15-7-2-1-6-14(15)18(26)21-11-13-5-3-9-27-13/h1-10H,11-12H2,(H,21,26)(H,22,25). The van der Waals surface area contributed by atoms with Crippen LogP contribution in [0.4, 0.5) is 5.69 Å². The lowest BCUT2D eigenvalue weighted by molar-refractivity contribution is -0.113. The van der Waals surface area contributed by atoms with Crippen molar-refractivity contribution in [3.63, 3.8) is 0 Å². The molecule has 0 aliphatic rings. The number of hydrogen-bond donors (Lipinski definition) is 2. The molecule has 0 spiro atoms. The van der Waals surface area contributed by atoms with Crippen molar-refractivity contribution >= 4 is 29.3 Å². The highest BCUT2D eigenvalue weighted by Crippen LogP contribution is 2.23. The second-order valence-electron chi connectivity index (χ2n) is 5.99. The van der Waals surface area contributed by atoms with E-state index in [-0.39, 0.29) is 35.2 Å². The zero-order valence-electron chi connectivity index (χ0n) is 15.5. The largest absolute Gasteiger partial charge is 0.467 e. The van der Waals surface area contributed by atoms with E-state index in [1.807, 2.05) is 0 Å². The van der Waals surface area contributed by atoms with Gasteiger partial charge in [0.1, 0.15) is 5.76 Å². The quantitative estimate of drug-likeness (QED) is 0.411. The summed E-state index contributed by atoms with van der Waals surface area (Å²) in [6.07, 6.45) is 3.04. The predicted molar refractivity (Wildman–Crippen MR) is 108 cm³/mol. The Hall–Kier alpha value is -3.79. The van der Waals surface area contributed by atoms with Crippen molar-refractivity contribution in [1.82, 2.24) is 15.5 Å². The van der Waals surface area contributed by atoms with Crippen LogP contribution in [0.3, 0.4) is 0 Å². The Kier molecular flexibility index (Phi) is 5.95. The summed E-state index contributed by atoms with van der Waals surface area (Å²) in [6.45, 7) is 0.249. The average molecular weight is 424 g/mol. The van der Waals surface area contributed by atoms with Crippen LogP contribution in [0.2, 0.25) is 0 Å². The van der Waals surface area contributed by atoms with Gasteiger partial charge in [0.05, 0.1) is 36.1 Å². The van der Waals surface area contributed by atoms with Crippen LogP contribution in [0.25, 0.3) is 11.7 Å². The Morgan fingerprint density at radius 3 is 2.60 bits per heavy atom. The van der Waals surface area contributed by atoms with E-state index in [0.29, 0.717) is 22.8 Å². The fourth-order valence-corrected chi connectivity index (χ4v) is 3.11. The van der Waals surface area contributed by atoms with Gasteiger partial charge in [-0.2, -0.15) is 0 Å². The van der Waals surface area contributed by atoms with Crippen molar-refractivity contribution in [2.24, 2.45) is 0 Å². The molecular weight excluding hydrogens is 408 g/mol. The molecule has 0 saturated heterocycles. The number of carbonyl (C=O) groups excluding carboxylic acids is 2. The molecule has 2 amide bonds. The number of amides is 2. The molecule has 1 aromatic carbocycles. The fraction of sp³-hybridized carbons (Fsp3) is 0.100. The van der Waals surface area contributed by atoms with Gasteiger partial charge in [-0.05, 0) is 36.4 Å². The number of aromatic nitrogens is 2. The summed E-state index contributed by atoms with van der Waals surface area (Å²) in [6, 6.07) is 13.7. The molecule has 3 aromatic heterocycles. The van der Waals surface area contributed by atoms with E-state index in [1.165, 1.54) is 12.5 Å². The summed E-state index contributed by atoms with van der Waals surface area (Å²) >= 11 is 1.08. The number of hydrogen-bond acceptors (Lipinski definition) is 8. The number of thioether (sulfide) groups is 1. The second kappa shape index (κ2) is 9.14. The van der Waals surface area contributed by atoms with Gasteiger partial charge < -0.3 is 23.9 Å². The molecule has 0 saturated carbocycles. The zero-order chi connectivity index (χ0) is 20.8. The van der Waals surface area contributed by atoms with Gasteiger partial charge in [-0.3, -0.25) is 9.59 Å². The van der Waals surface area contributed by atoms with Crippen LogP contribution in [0.1, 0.15) is 16.1 Å². The smallest absolute Gasteiger partial charge is 0.284 e. The fourth-order valence-electron chi connectivity index (χ4n) is 2.55. The van der Waals surface area contributed by atoms with Crippen molar-refractivity contribution in [2.75, 3.05) is 11.1 Å². The van der Waals surface area contributed by atoms with Gasteiger partial charge in [-0.1, -0.05) is 23.9 Å². The highest BCUT2D eigenvalue weighted by atomic mass is 32.2. The van der Waals surface area contributed by atoms with E-state index in [0.717, 1.165) is 11.8 Å². The van der Waals surface area contributed by atoms with Crippen molar-refractivity contribution in [2.45, 2.75) is 11.8 Å². The Morgan fingerprint density at radius 2 is 1.80 bits per heavy atom. The molecule has 3 heterocycles. The van der Waals surface area contributed by atoms with Crippen LogP contribution in [-0.4, -0.2) is 27.8 Å². The van der Waals surface area contributed by atoms with Gasteiger partial charge in [-0.15, -0.1) is 10.2 Å². The van der Waals surface area contributed by atoms with Gasteiger partial charge in [0.25, 0.3) is 17.0 Å². The summed E-state index contributed by atoms with van der Waals surface area (Å²) in [5.74, 6) is 0.714. The lowest BCUT2D eigenvalue weighted by Gasteiger charge is -2.10. The highest BCUT2D eigenvalue weighted by Gasteiger charge is 2.16. The first-order valence-electron chi connectivity index (χ1n) is 8.88. The molecule has 2 N–H and O–H groups in total. The van der Waals surface area contributed by atoms with Gasteiger partial charge in [0, 0.05) is 0 Å². The molecule has 9 nitrogen and oxygen atoms in total. The van der Waals surface area contributed by atoms with E-state index >= 15 is 0 Å². The third-order valence-corrected chi connectivity index (χ3v) is 4.73. The van der Waals surface area contributed by atoms with Crippen molar-refractivity contribution in [3.05, 3.63) is 72.4 Å². The number of rotatable bonds is 8. The lowest BCUT2D eigenvalue weighted by Crippen LogP contribution is -2.25. The van der Waals surface area contributed by atoms with E-state index in [4.69, 9.17) is 13.3 Å². The van der Waals surface area contributed by atoms with E-state index in [2.05, 4.69) is 20.8 Å². The first-order valence-corrected chi connectivity index (χ1v) is 9.87. The summed E-state index contributed by atoms with van der Waals surface area (Å²) in [5.41, 5.74) is 0.752. The molecule has 0 atom stereocenters. The number of nitrogens with zero attached hydrogens (tertiary/aromatic N) is 2. The molecule has 0 radical (unpaired) electrons. The summed E-state index contributed by atoms with van der Waals surface area (Å²) in [4.78, 5) is 24.8. The zero-order valence-corrected chi connectivity index (χ0v) is 16.3. The topological polar surface area (TPSA) is 123 Å². The molecule has 0 aliphatic carbocycles. The van der Waals surface area contributed by atoms with Gasteiger partial charge >= 0.3 is 0 Å². The molecule has 30 heavy (non-hydrogen) atoms. The monoisotopic (exact) mass is 424 g/mol. The van der Waals surface area contributed by atoms with E-state index in [9.17, 15) is 9.59 Å². The third-order valence-electron chi connectivity index (χ3n) is 3.91. The Labute approximate surface area is 174 Å². The minimum Gasteiger partial charge on any atom is -0.467 e. The molecule has 152 valence electrons. The molecule has 10 heteroatoms. The molecule has 4 aromatic rings. The van der Waals surface area contributed by atoms with Gasteiger partial charge in [-0.25, -0.2) is 0 Å². The Bertz CT molecular complexity index is 1120. The SMILES string of the molecule is O=C(CSc1nnc(-c2ccco2)o1)Nc1ccccc1C(=O)NCc1ccco1. The van der Waals surface area contributed by atoms with E-state index in [1.54, 1.807) is 48.5 Å². The maximum absolute atomic E-state index is 12.5. The average Bonchev–Trinajstić information content (AvgIpc) is 3.53. The summed E-state index contributed by atoms with van der Waals surface area (Å²) in [5, 5.41) is 13.5.